The lowest BCUT2D eigenvalue weighted by Gasteiger charge is -2.45. The zero-order chi connectivity index (χ0) is 32.8. The third-order valence-electron chi connectivity index (χ3n) is 10.5. The number of halogens is 2. The van der Waals surface area contributed by atoms with Crippen LogP contribution in [-0.2, 0) is 13.0 Å². The van der Waals surface area contributed by atoms with Crippen LogP contribution in [0.25, 0.3) is 22.0 Å². The molecule has 1 aliphatic carbocycles. The molecule has 2 fully saturated rings. The number of allylic oxidation sites excluding steroid dienone is 2. The second kappa shape index (κ2) is 13.0. The first kappa shape index (κ1) is 31.8. The van der Waals surface area contributed by atoms with Gasteiger partial charge in [0, 0.05) is 41.6 Å². The van der Waals surface area contributed by atoms with E-state index < -0.39 is 12.2 Å². The van der Waals surface area contributed by atoms with E-state index in [0.29, 0.717) is 35.4 Å². The van der Waals surface area contributed by atoms with Gasteiger partial charge in [-0.05, 0) is 99.7 Å². The summed E-state index contributed by atoms with van der Waals surface area (Å²) in [5.74, 6) is 2.20. The highest BCUT2D eigenvalue weighted by Gasteiger charge is 2.34. The van der Waals surface area contributed by atoms with E-state index in [2.05, 4.69) is 66.0 Å². The number of piperidine rings is 1. The Balaban J connectivity index is 1.17. The Kier molecular flexibility index (Phi) is 8.83. The molecule has 2 aliphatic heterocycles. The Morgan fingerprint density at radius 1 is 1.19 bits per heavy atom. The van der Waals surface area contributed by atoms with Gasteiger partial charge in [-0.2, -0.15) is 5.10 Å². The minimum atomic E-state index is -0.932. The third-order valence-corrected chi connectivity index (χ3v) is 10.8. The quantitative estimate of drug-likeness (QED) is 0.153. The first-order valence-electron chi connectivity index (χ1n) is 17.0. The van der Waals surface area contributed by atoms with Crippen LogP contribution in [0.15, 0.2) is 72.4 Å². The van der Waals surface area contributed by atoms with E-state index in [0.717, 1.165) is 50.9 Å². The van der Waals surface area contributed by atoms with Gasteiger partial charge in [-0.3, -0.25) is 4.68 Å². The number of aryl methyl sites for hydroxylation is 1. The number of fused-ring (bicyclic) bond motifs is 2. The van der Waals surface area contributed by atoms with Crippen LogP contribution < -0.4 is 5.32 Å². The number of imidazole rings is 1. The molecule has 0 spiro atoms. The molecule has 47 heavy (non-hydrogen) atoms. The molecule has 4 aromatic rings. The molecule has 3 aliphatic rings. The average Bonchev–Trinajstić information content (AvgIpc) is 3.76. The molecule has 1 saturated carbocycles. The van der Waals surface area contributed by atoms with E-state index in [1.54, 1.807) is 12.5 Å². The van der Waals surface area contributed by atoms with Crippen molar-refractivity contribution in [2.45, 2.75) is 90.5 Å². The number of aliphatic imine (C=N–C) groups is 1. The smallest absolute Gasteiger partial charge is 0.135 e. The normalized spacial score (nSPS) is 22.9. The van der Waals surface area contributed by atoms with Gasteiger partial charge in [0.05, 0.1) is 29.1 Å². The maximum Gasteiger partial charge on any atom is 0.135 e. The van der Waals surface area contributed by atoms with Crippen molar-refractivity contribution in [3.05, 3.63) is 94.9 Å². The van der Waals surface area contributed by atoms with Gasteiger partial charge in [-0.15, -0.1) is 0 Å². The summed E-state index contributed by atoms with van der Waals surface area (Å²) in [6, 6.07) is 11.5. The van der Waals surface area contributed by atoms with Gasteiger partial charge >= 0.3 is 0 Å². The van der Waals surface area contributed by atoms with Gasteiger partial charge in [0.15, 0.2) is 0 Å². The molecule has 7 nitrogen and oxygen atoms in total. The fourth-order valence-electron chi connectivity index (χ4n) is 7.89. The molecule has 7 rings (SSSR count). The number of benzene rings is 2. The summed E-state index contributed by atoms with van der Waals surface area (Å²) in [6.07, 6.45) is 11.8. The Labute approximate surface area is 282 Å². The van der Waals surface area contributed by atoms with Crippen molar-refractivity contribution in [3.63, 3.8) is 0 Å². The summed E-state index contributed by atoms with van der Waals surface area (Å²) in [7, 11) is 0. The summed E-state index contributed by atoms with van der Waals surface area (Å²) in [5, 5.41) is 9.93. The van der Waals surface area contributed by atoms with Crippen LogP contribution in [0.4, 0.5) is 4.39 Å². The van der Waals surface area contributed by atoms with E-state index in [4.69, 9.17) is 21.7 Å². The number of amidine groups is 1. The summed E-state index contributed by atoms with van der Waals surface area (Å²) in [4.78, 5) is 11.9. The van der Waals surface area contributed by atoms with Crippen LogP contribution in [0, 0.1) is 12.8 Å². The number of nitrogens with zero attached hydrogens (tertiary/aromatic N) is 6. The fraction of sp³-hybridized carbons (Fsp3) is 0.447. The zero-order valence-corrected chi connectivity index (χ0v) is 28.6. The molecule has 1 unspecified atom stereocenters. The molecule has 0 amide bonds. The lowest BCUT2D eigenvalue weighted by molar-refractivity contribution is 0.0640. The van der Waals surface area contributed by atoms with E-state index >= 15 is 0 Å². The molecule has 0 bridgehead atoms. The monoisotopic (exact) mass is 653 g/mol. The topological polar surface area (TPSA) is 63.3 Å². The van der Waals surface area contributed by atoms with Gasteiger partial charge in [0.25, 0.3) is 0 Å². The molecular formula is C38H45ClFN7. The van der Waals surface area contributed by atoms with Crippen molar-refractivity contribution in [2.24, 2.45) is 10.9 Å². The Hall–Kier alpha value is -3.75. The van der Waals surface area contributed by atoms with Crippen LogP contribution in [0.2, 0.25) is 5.02 Å². The second-order valence-corrected chi connectivity index (χ2v) is 14.3. The molecular weight excluding hydrogens is 609 g/mol. The van der Waals surface area contributed by atoms with Gasteiger partial charge in [-0.25, -0.2) is 14.4 Å². The Morgan fingerprint density at radius 3 is 2.64 bits per heavy atom. The molecule has 2 aromatic heterocycles. The average molecular weight is 654 g/mol. The van der Waals surface area contributed by atoms with Crippen molar-refractivity contribution in [2.75, 3.05) is 13.1 Å². The standard InChI is InChI=1S/C38H45ClFN7/c1-6-13-41-26(5)43-25(4)38(37-35-18-30(40)20-46(35)22-42-37)47-21-33-34(39)19-32(24(3)36(33)44-47)29-9-7-27(8-10-29)28-11-14-45(15-12-28)31-16-23(2)17-31/h6-10,13,19,21-23,28,30-31,38H,4,11-12,14-18,20H2,1-3,5H3,(H,41,43)/b13-6-/t23?,30-,31?,38?/m1/s1. The van der Waals surface area contributed by atoms with Gasteiger partial charge in [0.2, 0.25) is 0 Å². The predicted molar refractivity (Wildman–Crippen MR) is 190 cm³/mol. The van der Waals surface area contributed by atoms with Crippen LogP contribution in [-0.4, -0.2) is 55.4 Å². The minimum Gasteiger partial charge on any atom is -0.346 e. The van der Waals surface area contributed by atoms with E-state index in [-0.39, 0.29) is 0 Å². The van der Waals surface area contributed by atoms with Crippen molar-refractivity contribution >= 4 is 28.3 Å². The maximum absolute atomic E-state index is 14.5. The van der Waals surface area contributed by atoms with Crippen LogP contribution in [0.3, 0.4) is 0 Å². The molecule has 0 radical (unpaired) electrons. The van der Waals surface area contributed by atoms with E-state index in [1.807, 2.05) is 35.4 Å². The van der Waals surface area contributed by atoms with Crippen LogP contribution in [0.5, 0.6) is 0 Å². The van der Waals surface area contributed by atoms with E-state index in [9.17, 15) is 4.39 Å². The highest BCUT2D eigenvalue weighted by molar-refractivity contribution is 6.36. The first-order chi connectivity index (χ1) is 22.7. The predicted octanol–water partition coefficient (Wildman–Crippen LogP) is 8.38. The molecule has 1 saturated heterocycles. The zero-order valence-electron chi connectivity index (χ0n) is 27.9. The Morgan fingerprint density at radius 2 is 1.94 bits per heavy atom. The number of rotatable bonds is 8. The largest absolute Gasteiger partial charge is 0.346 e. The first-order valence-corrected chi connectivity index (χ1v) is 17.4. The van der Waals surface area contributed by atoms with Crippen LogP contribution in [0.1, 0.15) is 80.9 Å². The molecule has 246 valence electrons. The number of likely N-dealkylation sites (tertiary alicyclic amines) is 1. The van der Waals surface area contributed by atoms with Gasteiger partial charge in [-0.1, -0.05) is 55.4 Å². The maximum atomic E-state index is 14.5. The molecule has 2 atom stereocenters. The van der Waals surface area contributed by atoms with E-state index in [1.165, 1.54) is 44.3 Å². The SMILES string of the molecule is C=C(N/C(C)=N/C=C\C)C(c1ncn2c1C[C@@H](F)C2)n1cc2c(Cl)cc(-c3ccc(C4CCN(C5CC(C)C5)CC4)cc3)c(C)c2n1. The van der Waals surface area contributed by atoms with Gasteiger partial charge in [0.1, 0.15) is 18.0 Å². The highest BCUT2D eigenvalue weighted by Crippen LogP contribution is 2.39. The van der Waals surface area contributed by atoms with Crippen molar-refractivity contribution in [3.8, 4) is 11.1 Å². The Bertz CT molecular complexity index is 1840. The van der Waals surface area contributed by atoms with Crippen molar-refractivity contribution in [1.82, 2.24) is 29.5 Å². The summed E-state index contributed by atoms with van der Waals surface area (Å²) in [6.45, 7) is 15.4. The van der Waals surface area contributed by atoms with Crippen molar-refractivity contribution < 1.29 is 4.39 Å². The fourth-order valence-corrected chi connectivity index (χ4v) is 8.14. The lowest BCUT2D eigenvalue weighted by Crippen LogP contribution is -2.47. The minimum absolute atomic E-state index is 0.309. The second-order valence-electron chi connectivity index (χ2n) is 13.8. The molecule has 2 aromatic carbocycles. The molecule has 9 heteroatoms. The number of nitrogens with one attached hydrogen (secondary N) is 1. The molecule has 4 heterocycles. The van der Waals surface area contributed by atoms with Crippen LogP contribution >= 0.6 is 11.6 Å². The van der Waals surface area contributed by atoms with Gasteiger partial charge < -0.3 is 14.8 Å². The lowest BCUT2D eigenvalue weighted by atomic mass is 9.79. The number of hydrogen-bond donors (Lipinski definition) is 1. The summed E-state index contributed by atoms with van der Waals surface area (Å²) < 4.78 is 18.2. The third kappa shape index (κ3) is 6.18. The summed E-state index contributed by atoms with van der Waals surface area (Å²) in [5.41, 5.74) is 7.74. The molecule has 1 N–H and O–H groups in total. The highest BCUT2D eigenvalue weighted by atomic mass is 35.5. The summed E-state index contributed by atoms with van der Waals surface area (Å²) >= 11 is 6.99. The number of hydrogen-bond acceptors (Lipinski definition) is 4. The number of aromatic nitrogens is 4. The number of alkyl halides is 1. The van der Waals surface area contributed by atoms with Crippen molar-refractivity contribution in [1.29, 1.82) is 0 Å².